The molecule has 2 atom stereocenters. The van der Waals surface area contributed by atoms with Gasteiger partial charge in [0.2, 0.25) is 0 Å². The Hall–Kier alpha value is -2.24. The number of hydrogen-bond donors (Lipinski definition) is 1. The van der Waals surface area contributed by atoms with E-state index in [4.69, 9.17) is 18.9 Å². The number of quaternary nitrogens is 1. The molecule has 1 fully saturated rings. The molecule has 0 aromatic heterocycles. The lowest BCUT2D eigenvalue weighted by atomic mass is 9.68. The topological polar surface area (TPSA) is 53.5 Å². The molecule has 0 saturated carbocycles. The van der Waals surface area contributed by atoms with Crippen LogP contribution in [0.4, 0.5) is 0 Å². The number of para-hydroxylation sites is 1. The predicted octanol–water partition coefficient (Wildman–Crippen LogP) is 3.94. The van der Waals surface area contributed by atoms with Crippen LogP contribution in [-0.4, -0.2) is 40.6 Å². The van der Waals surface area contributed by atoms with Gasteiger partial charge in [-0.2, -0.15) is 0 Å². The minimum atomic E-state index is 0.0773. The van der Waals surface area contributed by atoms with E-state index in [1.165, 1.54) is 11.1 Å². The molecule has 31 heavy (non-hydrogen) atoms. The molecule has 2 aromatic rings. The number of rotatable bonds is 10. The summed E-state index contributed by atoms with van der Waals surface area (Å²) in [6, 6.07) is 14.7. The van der Waals surface area contributed by atoms with Crippen molar-refractivity contribution in [3.63, 3.8) is 0 Å². The molecule has 0 amide bonds. The Kier molecular flexibility index (Phi) is 8.22. The summed E-state index contributed by atoms with van der Waals surface area (Å²) in [6.07, 6.45) is 3.44. The normalized spacial score (nSPS) is 21.2. The van der Waals surface area contributed by atoms with Crippen LogP contribution in [0, 0.1) is 5.92 Å². The van der Waals surface area contributed by atoms with E-state index in [-0.39, 0.29) is 11.5 Å². The van der Waals surface area contributed by atoms with Crippen molar-refractivity contribution in [3.8, 4) is 17.2 Å². The fraction of sp³-hybridized carbons (Fsp3) is 0.538. The van der Waals surface area contributed by atoms with Crippen LogP contribution in [0.1, 0.15) is 44.2 Å². The molecule has 0 unspecified atom stereocenters. The molecule has 0 bridgehead atoms. The summed E-state index contributed by atoms with van der Waals surface area (Å²) in [5, 5.41) is 2.39. The summed E-state index contributed by atoms with van der Waals surface area (Å²) in [7, 11) is 5.12. The van der Waals surface area contributed by atoms with Gasteiger partial charge in [-0.25, -0.2) is 0 Å². The SMILES string of the molecule is COc1ccc(C[NH2+]CC[C@@]2(c3ccccc3OC)CCO[C@@H](C(C)C)C2)cc1OC. The minimum absolute atomic E-state index is 0.0773. The highest BCUT2D eigenvalue weighted by atomic mass is 16.5. The van der Waals surface area contributed by atoms with E-state index in [0.29, 0.717) is 5.92 Å². The molecule has 2 aromatic carbocycles. The van der Waals surface area contributed by atoms with E-state index in [9.17, 15) is 0 Å². The van der Waals surface area contributed by atoms with Crippen LogP contribution in [0.15, 0.2) is 42.5 Å². The Labute approximate surface area is 187 Å². The molecule has 0 radical (unpaired) electrons. The molecule has 5 heteroatoms. The number of hydrogen-bond acceptors (Lipinski definition) is 4. The second-order valence-electron chi connectivity index (χ2n) is 8.81. The van der Waals surface area contributed by atoms with Crippen LogP contribution in [-0.2, 0) is 16.7 Å². The maximum absolute atomic E-state index is 6.14. The third-order valence-corrected chi connectivity index (χ3v) is 6.58. The molecule has 5 nitrogen and oxygen atoms in total. The van der Waals surface area contributed by atoms with E-state index in [2.05, 4.69) is 55.6 Å². The number of ether oxygens (including phenoxy) is 4. The van der Waals surface area contributed by atoms with E-state index in [0.717, 1.165) is 56.2 Å². The average Bonchev–Trinajstić information content (AvgIpc) is 2.81. The van der Waals surface area contributed by atoms with Crippen molar-refractivity contribution in [2.75, 3.05) is 34.5 Å². The Bertz CT molecular complexity index is 838. The van der Waals surface area contributed by atoms with Gasteiger partial charge in [-0.3, -0.25) is 0 Å². The van der Waals surface area contributed by atoms with Gasteiger partial charge in [0.15, 0.2) is 11.5 Å². The summed E-state index contributed by atoms with van der Waals surface area (Å²) in [5.74, 6) is 3.04. The highest BCUT2D eigenvalue weighted by Crippen LogP contribution is 2.44. The predicted molar refractivity (Wildman–Crippen MR) is 123 cm³/mol. The maximum Gasteiger partial charge on any atom is 0.161 e. The zero-order chi connectivity index (χ0) is 22.3. The summed E-state index contributed by atoms with van der Waals surface area (Å²) in [4.78, 5) is 0. The van der Waals surface area contributed by atoms with Gasteiger partial charge in [0.1, 0.15) is 12.3 Å². The van der Waals surface area contributed by atoms with Crippen LogP contribution >= 0.6 is 0 Å². The standard InChI is InChI=1S/C26H37NO4/c1-19(2)25-17-26(13-15-31-25,21-8-6-7-9-22(21)28-3)12-14-27-18-20-10-11-23(29-4)24(16-20)30-5/h6-11,16,19,25,27H,12-15,17-18H2,1-5H3/p+1/t25-,26-/m1/s1. The van der Waals surface area contributed by atoms with E-state index < -0.39 is 0 Å². The van der Waals surface area contributed by atoms with Gasteiger partial charge >= 0.3 is 0 Å². The molecular weight excluding hydrogens is 390 g/mol. The molecule has 0 spiro atoms. The summed E-state index contributed by atoms with van der Waals surface area (Å²) < 4.78 is 22.7. The third kappa shape index (κ3) is 5.52. The van der Waals surface area contributed by atoms with Crippen LogP contribution in [0.2, 0.25) is 0 Å². The fourth-order valence-electron chi connectivity index (χ4n) is 4.72. The molecule has 0 aliphatic carbocycles. The summed E-state index contributed by atoms with van der Waals surface area (Å²) in [6.45, 7) is 7.26. The first kappa shape index (κ1) is 23.4. The Morgan fingerprint density at radius 3 is 2.45 bits per heavy atom. The maximum atomic E-state index is 6.14. The van der Waals surface area contributed by atoms with Crippen LogP contribution in [0.3, 0.4) is 0 Å². The van der Waals surface area contributed by atoms with E-state index in [1.54, 1.807) is 21.3 Å². The second kappa shape index (κ2) is 10.9. The molecule has 1 heterocycles. The number of nitrogens with two attached hydrogens (primary N) is 1. The van der Waals surface area contributed by atoms with Crippen molar-refractivity contribution < 1.29 is 24.3 Å². The minimum Gasteiger partial charge on any atom is -0.496 e. The Morgan fingerprint density at radius 1 is 1.00 bits per heavy atom. The summed E-state index contributed by atoms with van der Waals surface area (Å²) >= 11 is 0. The molecule has 2 N–H and O–H groups in total. The molecule has 170 valence electrons. The molecule has 1 aliphatic rings. The zero-order valence-corrected chi connectivity index (χ0v) is 19.6. The van der Waals surface area contributed by atoms with Gasteiger partial charge in [-0.05, 0) is 43.0 Å². The highest BCUT2D eigenvalue weighted by molar-refractivity contribution is 5.42. The second-order valence-corrected chi connectivity index (χ2v) is 8.81. The van der Waals surface area contributed by atoms with Crippen molar-refractivity contribution in [1.29, 1.82) is 0 Å². The van der Waals surface area contributed by atoms with E-state index in [1.807, 2.05) is 6.07 Å². The first-order chi connectivity index (χ1) is 15.0. The van der Waals surface area contributed by atoms with Gasteiger partial charge < -0.3 is 24.3 Å². The highest BCUT2D eigenvalue weighted by Gasteiger charge is 2.41. The first-order valence-corrected chi connectivity index (χ1v) is 11.3. The quantitative estimate of drug-likeness (QED) is 0.583. The van der Waals surface area contributed by atoms with Gasteiger partial charge in [0.05, 0.1) is 34.0 Å². The Balaban J connectivity index is 1.73. The van der Waals surface area contributed by atoms with Gasteiger partial charge in [-0.15, -0.1) is 0 Å². The average molecular weight is 429 g/mol. The monoisotopic (exact) mass is 428 g/mol. The summed E-state index contributed by atoms with van der Waals surface area (Å²) in [5.41, 5.74) is 2.63. The van der Waals surface area contributed by atoms with Crippen molar-refractivity contribution >= 4 is 0 Å². The molecular formula is C26H38NO4+. The van der Waals surface area contributed by atoms with Crippen molar-refractivity contribution in [2.24, 2.45) is 5.92 Å². The lowest BCUT2D eigenvalue weighted by Crippen LogP contribution is -2.83. The Morgan fingerprint density at radius 2 is 1.74 bits per heavy atom. The molecule has 1 saturated heterocycles. The van der Waals surface area contributed by atoms with E-state index >= 15 is 0 Å². The van der Waals surface area contributed by atoms with Crippen molar-refractivity contribution in [2.45, 2.75) is 51.2 Å². The van der Waals surface area contributed by atoms with Crippen LogP contribution in [0.5, 0.6) is 17.2 Å². The van der Waals surface area contributed by atoms with Gasteiger partial charge in [0.25, 0.3) is 0 Å². The van der Waals surface area contributed by atoms with Crippen molar-refractivity contribution in [3.05, 3.63) is 53.6 Å². The first-order valence-electron chi connectivity index (χ1n) is 11.3. The molecule has 1 aliphatic heterocycles. The smallest absolute Gasteiger partial charge is 0.161 e. The lowest BCUT2D eigenvalue weighted by molar-refractivity contribution is -0.672. The number of benzene rings is 2. The lowest BCUT2D eigenvalue weighted by Gasteiger charge is -2.43. The molecule has 3 rings (SSSR count). The largest absolute Gasteiger partial charge is 0.496 e. The third-order valence-electron chi connectivity index (χ3n) is 6.58. The van der Waals surface area contributed by atoms with Crippen molar-refractivity contribution in [1.82, 2.24) is 0 Å². The van der Waals surface area contributed by atoms with Crippen LogP contribution in [0.25, 0.3) is 0 Å². The van der Waals surface area contributed by atoms with Gasteiger partial charge in [0, 0.05) is 29.6 Å². The van der Waals surface area contributed by atoms with Gasteiger partial charge in [-0.1, -0.05) is 32.0 Å². The zero-order valence-electron chi connectivity index (χ0n) is 19.6. The number of methoxy groups -OCH3 is 3. The van der Waals surface area contributed by atoms with Crippen LogP contribution < -0.4 is 19.5 Å². The fourth-order valence-corrected chi connectivity index (χ4v) is 4.72.